The number of carbonyl (C=O) groups is 1. The summed E-state index contributed by atoms with van der Waals surface area (Å²) in [5, 5.41) is 3.71. The maximum atomic E-state index is 12.3. The molecule has 0 saturated heterocycles. The average Bonchev–Trinajstić information content (AvgIpc) is 2.67. The Hall–Kier alpha value is -2.04. The summed E-state index contributed by atoms with van der Waals surface area (Å²) >= 11 is 6.40. The quantitative estimate of drug-likeness (QED) is 0.685. The van der Waals surface area contributed by atoms with Gasteiger partial charge in [0.2, 0.25) is 0 Å². The minimum Gasteiger partial charge on any atom is -0.484 e. The van der Waals surface area contributed by atoms with E-state index in [9.17, 15) is 4.79 Å². The first kappa shape index (κ1) is 21.3. The van der Waals surface area contributed by atoms with Crippen molar-refractivity contribution in [3.05, 3.63) is 64.2 Å². The van der Waals surface area contributed by atoms with Crippen LogP contribution in [0.15, 0.2) is 42.5 Å². The van der Waals surface area contributed by atoms with E-state index in [1.807, 2.05) is 56.3 Å². The van der Waals surface area contributed by atoms with Crippen molar-refractivity contribution in [2.24, 2.45) is 0 Å². The number of amides is 1. The van der Waals surface area contributed by atoms with Gasteiger partial charge in [-0.3, -0.25) is 9.69 Å². The molecule has 0 aliphatic heterocycles. The van der Waals surface area contributed by atoms with E-state index in [4.69, 9.17) is 16.3 Å². The highest BCUT2D eigenvalue weighted by atomic mass is 35.5. The zero-order chi connectivity index (χ0) is 19.8. The highest BCUT2D eigenvalue weighted by molar-refractivity contribution is 6.31. The van der Waals surface area contributed by atoms with E-state index in [0.717, 1.165) is 29.2 Å². The molecule has 0 bridgehead atoms. The number of hydrogen-bond acceptors (Lipinski definition) is 3. The molecule has 1 amide bonds. The predicted octanol–water partition coefficient (Wildman–Crippen LogP) is 4.53. The lowest BCUT2D eigenvalue weighted by Crippen LogP contribution is -2.39. The first-order chi connectivity index (χ1) is 13.0. The molecule has 4 nitrogen and oxygen atoms in total. The molecule has 27 heavy (non-hydrogen) atoms. The van der Waals surface area contributed by atoms with E-state index in [2.05, 4.69) is 24.1 Å². The Balaban J connectivity index is 1.98. The molecule has 0 heterocycles. The van der Waals surface area contributed by atoms with Gasteiger partial charge in [-0.1, -0.05) is 49.7 Å². The van der Waals surface area contributed by atoms with Gasteiger partial charge in [-0.15, -0.1) is 0 Å². The molecule has 0 unspecified atom stereocenters. The average molecular weight is 389 g/mol. The summed E-state index contributed by atoms with van der Waals surface area (Å²) in [4.78, 5) is 14.6. The van der Waals surface area contributed by atoms with Crippen molar-refractivity contribution in [1.82, 2.24) is 10.2 Å². The predicted molar refractivity (Wildman–Crippen MR) is 112 cm³/mol. The molecule has 0 aliphatic rings. The number of rotatable bonds is 9. The molecule has 0 aromatic heterocycles. The molecule has 0 radical (unpaired) electrons. The molecule has 146 valence electrons. The molecule has 1 N–H and O–H groups in total. The number of nitrogens with one attached hydrogen (secondary N) is 1. The van der Waals surface area contributed by atoms with Crippen LogP contribution in [0, 0.1) is 13.8 Å². The first-order valence-corrected chi connectivity index (χ1v) is 9.79. The Kier molecular flexibility index (Phi) is 8.14. The number of likely N-dealkylation sites (N-methyl/N-ethyl adjacent to an activating group) is 1. The summed E-state index contributed by atoms with van der Waals surface area (Å²) in [7, 11) is 0. The smallest absolute Gasteiger partial charge is 0.258 e. The highest BCUT2D eigenvalue weighted by Gasteiger charge is 2.21. The van der Waals surface area contributed by atoms with Crippen molar-refractivity contribution in [2.45, 2.75) is 33.7 Å². The van der Waals surface area contributed by atoms with Crippen LogP contribution in [-0.2, 0) is 4.79 Å². The fourth-order valence-corrected chi connectivity index (χ4v) is 3.32. The maximum Gasteiger partial charge on any atom is 0.258 e. The lowest BCUT2D eigenvalue weighted by atomic mass is 10.0. The second kappa shape index (κ2) is 10.3. The molecular weight excluding hydrogens is 360 g/mol. The molecule has 0 fully saturated rings. The van der Waals surface area contributed by atoms with Crippen LogP contribution >= 0.6 is 11.6 Å². The maximum absolute atomic E-state index is 12.3. The SMILES string of the molecule is CCN(CC)[C@@H](CNC(=O)COc1ccc(C)c(C)c1)c1ccccc1Cl. The number of carbonyl (C=O) groups excluding carboxylic acids is 1. The third-order valence-electron chi connectivity index (χ3n) is 4.86. The molecule has 0 saturated carbocycles. The van der Waals surface area contributed by atoms with Gasteiger partial charge in [0.15, 0.2) is 6.61 Å². The van der Waals surface area contributed by atoms with Crippen LogP contribution in [0.4, 0.5) is 0 Å². The Bertz CT molecular complexity index is 760. The van der Waals surface area contributed by atoms with Gasteiger partial charge in [-0.25, -0.2) is 0 Å². The number of halogens is 1. The third kappa shape index (κ3) is 5.98. The van der Waals surface area contributed by atoms with E-state index in [0.29, 0.717) is 12.3 Å². The molecule has 1 atom stereocenters. The number of benzene rings is 2. The van der Waals surface area contributed by atoms with E-state index in [1.54, 1.807) is 0 Å². The van der Waals surface area contributed by atoms with E-state index in [1.165, 1.54) is 5.56 Å². The molecule has 5 heteroatoms. The van der Waals surface area contributed by atoms with Gasteiger partial charge in [-0.05, 0) is 61.8 Å². The third-order valence-corrected chi connectivity index (χ3v) is 5.20. The fraction of sp³-hybridized carbons (Fsp3) is 0.409. The topological polar surface area (TPSA) is 41.6 Å². The van der Waals surface area contributed by atoms with E-state index in [-0.39, 0.29) is 18.6 Å². The Morgan fingerprint density at radius 3 is 2.44 bits per heavy atom. The normalized spacial score (nSPS) is 12.1. The van der Waals surface area contributed by atoms with Crippen LogP contribution in [0.5, 0.6) is 5.75 Å². The fourth-order valence-electron chi connectivity index (χ4n) is 3.06. The highest BCUT2D eigenvalue weighted by Crippen LogP contribution is 2.27. The number of nitrogens with zero attached hydrogens (tertiary/aromatic N) is 1. The monoisotopic (exact) mass is 388 g/mol. The lowest BCUT2D eigenvalue weighted by molar-refractivity contribution is -0.123. The summed E-state index contributed by atoms with van der Waals surface area (Å²) in [5.41, 5.74) is 3.38. The van der Waals surface area contributed by atoms with Crippen molar-refractivity contribution < 1.29 is 9.53 Å². The zero-order valence-electron chi connectivity index (χ0n) is 16.6. The molecule has 0 aliphatic carbocycles. The van der Waals surface area contributed by atoms with Crippen LogP contribution in [0.1, 0.15) is 36.6 Å². The minimum atomic E-state index is -0.141. The second-order valence-electron chi connectivity index (χ2n) is 6.60. The largest absolute Gasteiger partial charge is 0.484 e. The number of hydrogen-bond donors (Lipinski definition) is 1. The first-order valence-electron chi connectivity index (χ1n) is 9.41. The molecule has 2 rings (SSSR count). The summed E-state index contributed by atoms with van der Waals surface area (Å²) in [6.45, 7) is 10.5. The van der Waals surface area contributed by atoms with E-state index < -0.39 is 0 Å². The van der Waals surface area contributed by atoms with Crippen molar-refractivity contribution in [1.29, 1.82) is 0 Å². The van der Waals surface area contributed by atoms with Crippen molar-refractivity contribution >= 4 is 17.5 Å². The number of aryl methyl sites for hydroxylation is 2. The summed E-state index contributed by atoms with van der Waals surface area (Å²) < 4.78 is 5.63. The van der Waals surface area contributed by atoms with E-state index >= 15 is 0 Å². The molecular formula is C22H29ClN2O2. The second-order valence-corrected chi connectivity index (χ2v) is 7.00. The van der Waals surface area contributed by atoms with Crippen LogP contribution in [0.25, 0.3) is 0 Å². The standard InChI is InChI=1S/C22H29ClN2O2/c1-5-25(6-2)21(19-9-7-8-10-20(19)23)14-24-22(26)15-27-18-12-11-16(3)17(4)13-18/h7-13,21H,5-6,14-15H2,1-4H3,(H,24,26)/t21-/m0/s1. The van der Waals surface area contributed by atoms with Crippen molar-refractivity contribution in [3.63, 3.8) is 0 Å². The number of ether oxygens (including phenoxy) is 1. The van der Waals surface area contributed by atoms with Crippen LogP contribution < -0.4 is 10.1 Å². The Labute approximate surface area is 167 Å². The van der Waals surface area contributed by atoms with Gasteiger partial charge in [0.05, 0.1) is 6.04 Å². The lowest BCUT2D eigenvalue weighted by Gasteiger charge is -2.30. The summed E-state index contributed by atoms with van der Waals surface area (Å²) in [6, 6.07) is 13.7. The Morgan fingerprint density at radius 2 is 1.81 bits per heavy atom. The Morgan fingerprint density at radius 1 is 1.11 bits per heavy atom. The van der Waals surface area contributed by atoms with Gasteiger partial charge in [-0.2, -0.15) is 0 Å². The minimum absolute atomic E-state index is 0.00398. The van der Waals surface area contributed by atoms with Crippen LogP contribution in [-0.4, -0.2) is 37.0 Å². The van der Waals surface area contributed by atoms with Crippen molar-refractivity contribution in [2.75, 3.05) is 26.2 Å². The van der Waals surface area contributed by atoms with Gasteiger partial charge in [0, 0.05) is 11.6 Å². The van der Waals surface area contributed by atoms with Crippen molar-refractivity contribution in [3.8, 4) is 5.75 Å². The van der Waals surface area contributed by atoms with Gasteiger partial charge in [0.1, 0.15) is 5.75 Å². The molecule has 2 aromatic rings. The summed E-state index contributed by atoms with van der Waals surface area (Å²) in [6.07, 6.45) is 0. The van der Waals surface area contributed by atoms with Gasteiger partial charge in [0.25, 0.3) is 5.91 Å². The summed E-state index contributed by atoms with van der Waals surface area (Å²) in [5.74, 6) is 0.567. The van der Waals surface area contributed by atoms with Gasteiger partial charge < -0.3 is 10.1 Å². The van der Waals surface area contributed by atoms with Gasteiger partial charge >= 0.3 is 0 Å². The van der Waals surface area contributed by atoms with Crippen LogP contribution in [0.3, 0.4) is 0 Å². The molecule has 2 aromatic carbocycles. The zero-order valence-corrected chi connectivity index (χ0v) is 17.3. The molecule has 0 spiro atoms. The van der Waals surface area contributed by atoms with Crippen LogP contribution in [0.2, 0.25) is 5.02 Å².